The number of phenols is 1. The van der Waals surface area contributed by atoms with Gasteiger partial charge in [-0.2, -0.15) is 0 Å². The number of carbonyl (C=O) groups is 1. The fourth-order valence-corrected chi connectivity index (χ4v) is 3.38. The molecule has 1 atom stereocenters. The van der Waals surface area contributed by atoms with E-state index in [0.29, 0.717) is 21.3 Å². The minimum atomic E-state index is -0.959. The molecule has 0 spiro atoms. The molecule has 0 aliphatic rings. The average Bonchev–Trinajstić information content (AvgIpc) is 2.68. The van der Waals surface area contributed by atoms with Gasteiger partial charge in [0, 0.05) is 10.6 Å². The van der Waals surface area contributed by atoms with Crippen LogP contribution in [-0.4, -0.2) is 17.2 Å². The van der Waals surface area contributed by atoms with Gasteiger partial charge in [0.1, 0.15) is 5.75 Å². The van der Waals surface area contributed by atoms with Crippen molar-refractivity contribution in [3.63, 3.8) is 0 Å². The Morgan fingerprint density at radius 2 is 1.69 bits per heavy atom. The molecule has 0 aromatic heterocycles. The van der Waals surface area contributed by atoms with Crippen molar-refractivity contribution in [3.8, 4) is 16.9 Å². The number of anilines is 1. The molecular weight excluding hydrogens is 409 g/mol. The molecule has 0 radical (unpaired) electrons. The van der Waals surface area contributed by atoms with Crippen molar-refractivity contribution >= 4 is 34.9 Å². The van der Waals surface area contributed by atoms with Crippen LogP contribution in [0.3, 0.4) is 0 Å². The monoisotopic (exact) mass is 429 g/mol. The highest BCUT2D eigenvalue weighted by atomic mass is 35.5. The molecule has 0 aliphatic carbocycles. The Labute approximate surface area is 180 Å². The summed E-state index contributed by atoms with van der Waals surface area (Å²) in [4.78, 5) is 12.9. The predicted octanol–water partition coefficient (Wildman–Crippen LogP) is 6.47. The second-order valence-corrected chi connectivity index (χ2v) is 7.67. The third kappa shape index (κ3) is 5.22. The third-order valence-electron chi connectivity index (χ3n) is 4.26. The van der Waals surface area contributed by atoms with E-state index in [9.17, 15) is 9.90 Å². The molecule has 3 rings (SSSR count). The molecule has 6 heteroatoms. The fraction of sp³-hybridized carbons (Fsp3) is 0.174. The van der Waals surface area contributed by atoms with Gasteiger partial charge in [0.25, 0.3) is 0 Å². The number of phenolic OH excluding ortho intramolecular Hbond substituents is 1. The van der Waals surface area contributed by atoms with Crippen LogP contribution in [0.1, 0.15) is 25.5 Å². The highest BCUT2D eigenvalue weighted by Gasteiger charge is 2.27. The lowest BCUT2D eigenvalue weighted by Gasteiger charge is -2.22. The number of hydrogen-bond acceptors (Lipinski definition) is 4. The first-order valence-electron chi connectivity index (χ1n) is 9.15. The van der Waals surface area contributed by atoms with Gasteiger partial charge in [-0.1, -0.05) is 59.6 Å². The number of rotatable bonds is 6. The van der Waals surface area contributed by atoms with Gasteiger partial charge >= 0.3 is 5.97 Å². The molecule has 3 aromatic rings. The van der Waals surface area contributed by atoms with Gasteiger partial charge in [-0.3, -0.25) is 0 Å². The quantitative estimate of drug-likeness (QED) is 0.440. The van der Waals surface area contributed by atoms with E-state index in [0.717, 1.165) is 11.1 Å². The Morgan fingerprint density at radius 1 is 0.966 bits per heavy atom. The number of esters is 1. The zero-order chi connectivity index (χ0) is 21.0. The molecule has 150 valence electrons. The van der Waals surface area contributed by atoms with Gasteiger partial charge in [0.15, 0.2) is 6.04 Å². The minimum Gasteiger partial charge on any atom is -0.508 e. The fourth-order valence-electron chi connectivity index (χ4n) is 2.92. The van der Waals surface area contributed by atoms with E-state index >= 15 is 0 Å². The summed E-state index contributed by atoms with van der Waals surface area (Å²) in [5.41, 5.74) is 2.73. The predicted molar refractivity (Wildman–Crippen MR) is 118 cm³/mol. The first-order valence-corrected chi connectivity index (χ1v) is 9.91. The molecule has 1 unspecified atom stereocenters. The van der Waals surface area contributed by atoms with Crippen LogP contribution in [0.4, 0.5) is 5.69 Å². The lowest BCUT2D eigenvalue weighted by atomic mass is 9.98. The lowest BCUT2D eigenvalue weighted by Crippen LogP contribution is -2.26. The van der Waals surface area contributed by atoms with E-state index in [-0.39, 0.29) is 11.9 Å². The van der Waals surface area contributed by atoms with E-state index in [1.807, 2.05) is 30.3 Å². The van der Waals surface area contributed by atoms with Crippen molar-refractivity contribution in [3.05, 3.63) is 82.3 Å². The molecule has 0 saturated carbocycles. The van der Waals surface area contributed by atoms with Crippen LogP contribution in [-0.2, 0) is 9.53 Å². The van der Waals surface area contributed by atoms with Gasteiger partial charge in [-0.05, 0) is 55.3 Å². The highest BCUT2D eigenvalue weighted by molar-refractivity contribution is 6.36. The summed E-state index contributed by atoms with van der Waals surface area (Å²) in [5.74, 6) is -0.542. The maximum atomic E-state index is 12.9. The van der Waals surface area contributed by atoms with E-state index in [2.05, 4.69) is 5.32 Å². The number of ether oxygens (including phenoxy) is 1. The second kappa shape index (κ2) is 9.21. The van der Waals surface area contributed by atoms with Crippen LogP contribution >= 0.6 is 23.2 Å². The van der Waals surface area contributed by atoms with Crippen LogP contribution in [0.25, 0.3) is 11.1 Å². The average molecular weight is 430 g/mol. The Balaban J connectivity index is 2.04. The molecule has 2 N–H and O–H groups in total. The number of nitrogens with one attached hydrogen (secondary N) is 1. The smallest absolute Gasteiger partial charge is 0.333 e. The number of carbonyl (C=O) groups excluding carboxylic acids is 1. The summed E-state index contributed by atoms with van der Waals surface area (Å²) in [6, 6.07) is 18.8. The Kier molecular flexibility index (Phi) is 6.68. The van der Waals surface area contributed by atoms with Crippen molar-refractivity contribution in [2.24, 2.45) is 0 Å². The first-order chi connectivity index (χ1) is 13.8. The SMILES string of the molecule is CC(C)OC(=O)C(Nc1ccc(Cl)cc1Cl)c1cc(-c2ccccc2)ccc1O. The maximum absolute atomic E-state index is 12.9. The lowest BCUT2D eigenvalue weighted by molar-refractivity contribution is -0.148. The number of hydrogen-bond donors (Lipinski definition) is 2. The maximum Gasteiger partial charge on any atom is 0.333 e. The molecule has 4 nitrogen and oxygen atoms in total. The van der Waals surface area contributed by atoms with Crippen molar-refractivity contribution in [2.45, 2.75) is 26.0 Å². The molecule has 0 fully saturated rings. The van der Waals surface area contributed by atoms with E-state index in [1.165, 1.54) is 0 Å². The number of benzene rings is 3. The second-order valence-electron chi connectivity index (χ2n) is 6.83. The van der Waals surface area contributed by atoms with Gasteiger partial charge in [0.2, 0.25) is 0 Å². The van der Waals surface area contributed by atoms with Crippen molar-refractivity contribution < 1.29 is 14.6 Å². The van der Waals surface area contributed by atoms with Gasteiger partial charge in [-0.25, -0.2) is 4.79 Å². The summed E-state index contributed by atoms with van der Waals surface area (Å²) in [7, 11) is 0. The van der Waals surface area contributed by atoms with E-state index in [4.69, 9.17) is 27.9 Å². The molecule has 0 saturated heterocycles. The van der Waals surface area contributed by atoms with Crippen LogP contribution in [0.5, 0.6) is 5.75 Å². The number of aromatic hydroxyl groups is 1. The first kappa shape index (κ1) is 21.0. The van der Waals surface area contributed by atoms with Crippen LogP contribution in [0.15, 0.2) is 66.7 Å². The summed E-state index contributed by atoms with van der Waals surface area (Å²) in [6.45, 7) is 3.54. The zero-order valence-corrected chi connectivity index (χ0v) is 17.5. The summed E-state index contributed by atoms with van der Waals surface area (Å²) >= 11 is 12.2. The summed E-state index contributed by atoms with van der Waals surface area (Å²) in [6.07, 6.45) is -0.313. The molecule has 0 aliphatic heterocycles. The molecular formula is C23H21Cl2NO3. The van der Waals surface area contributed by atoms with E-state index < -0.39 is 12.0 Å². The molecule has 3 aromatic carbocycles. The summed E-state index contributed by atoms with van der Waals surface area (Å²) < 4.78 is 5.42. The van der Waals surface area contributed by atoms with Crippen molar-refractivity contribution in [1.82, 2.24) is 0 Å². The van der Waals surface area contributed by atoms with E-state index in [1.54, 1.807) is 50.2 Å². The topological polar surface area (TPSA) is 58.6 Å². The molecule has 0 amide bonds. The summed E-state index contributed by atoms with van der Waals surface area (Å²) in [5, 5.41) is 14.5. The van der Waals surface area contributed by atoms with Crippen LogP contribution in [0.2, 0.25) is 10.0 Å². The van der Waals surface area contributed by atoms with Crippen LogP contribution in [0, 0.1) is 0 Å². The van der Waals surface area contributed by atoms with Gasteiger partial charge in [-0.15, -0.1) is 0 Å². The van der Waals surface area contributed by atoms with Crippen LogP contribution < -0.4 is 5.32 Å². The molecule has 0 bridgehead atoms. The number of halogens is 2. The van der Waals surface area contributed by atoms with Crippen molar-refractivity contribution in [1.29, 1.82) is 0 Å². The van der Waals surface area contributed by atoms with Gasteiger partial charge < -0.3 is 15.2 Å². The largest absolute Gasteiger partial charge is 0.508 e. The molecule has 29 heavy (non-hydrogen) atoms. The normalized spacial score (nSPS) is 11.9. The minimum absolute atomic E-state index is 0.0204. The standard InChI is InChI=1S/C23H21Cl2NO3/c1-14(2)29-23(28)22(26-20-10-9-17(24)13-19(20)25)18-12-16(8-11-21(18)27)15-6-4-3-5-7-15/h3-14,22,26-27H,1-2H3. The van der Waals surface area contributed by atoms with Gasteiger partial charge in [0.05, 0.1) is 16.8 Å². The zero-order valence-electron chi connectivity index (χ0n) is 16.0. The third-order valence-corrected chi connectivity index (χ3v) is 4.81. The molecule has 0 heterocycles. The highest BCUT2D eigenvalue weighted by Crippen LogP contribution is 2.35. The Hall–Kier alpha value is -2.69. The Morgan fingerprint density at radius 3 is 2.34 bits per heavy atom. The van der Waals surface area contributed by atoms with Crippen molar-refractivity contribution in [2.75, 3.05) is 5.32 Å². The Bertz CT molecular complexity index is 1010.